The first-order valence-electron chi connectivity index (χ1n) is 13.4. The molecule has 0 spiro atoms. The molecule has 0 aliphatic heterocycles. The molecule has 7 nitrogen and oxygen atoms in total. The third kappa shape index (κ3) is 10.1. The highest BCUT2D eigenvalue weighted by Gasteiger charge is 2.32. The van der Waals surface area contributed by atoms with Gasteiger partial charge in [0.1, 0.15) is 6.04 Å². The molecule has 0 bridgehead atoms. The van der Waals surface area contributed by atoms with Gasteiger partial charge in [0.15, 0.2) is 0 Å². The standard InChI is InChI=1S/C31H37Cl2N3O4S/c1-31(2,3)34-30(38)28(21-23-11-6-5-7-12-23)35(22-24-13-8-9-14-27(24)33)29(37)15-10-20-36(41(4,39)40)26-18-16-25(32)17-19-26/h5-9,11-14,16-19,28H,10,15,20-22H2,1-4H3,(H,34,38)/t28-/m1/s1. The summed E-state index contributed by atoms with van der Waals surface area (Å²) < 4.78 is 26.4. The van der Waals surface area contributed by atoms with E-state index in [-0.39, 0.29) is 37.7 Å². The van der Waals surface area contributed by atoms with Crippen molar-refractivity contribution < 1.29 is 18.0 Å². The minimum Gasteiger partial charge on any atom is -0.350 e. The van der Waals surface area contributed by atoms with Crippen molar-refractivity contribution >= 4 is 50.7 Å². The van der Waals surface area contributed by atoms with Crippen LogP contribution in [0.15, 0.2) is 78.9 Å². The predicted molar refractivity (Wildman–Crippen MR) is 167 cm³/mol. The van der Waals surface area contributed by atoms with Gasteiger partial charge < -0.3 is 10.2 Å². The quantitative estimate of drug-likeness (QED) is 0.266. The van der Waals surface area contributed by atoms with Crippen LogP contribution < -0.4 is 9.62 Å². The van der Waals surface area contributed by atoms with E-state index in [0.717, 1.165) is 11.8 Å². The first-order valence-corrected chi connectivity index (χ1v) is 16.0. The summed E-state index contributed by atoms with van der Waals surface area (Å²) >= 11 is 12.5. The normalized spacial score (nSPS) is 12.4. The van der Waals surface area contributed by atoms with Crippen LogP contribution in [0.25, 0.3) is 0 Å². The third-order valence-electron chi connectivity index (χ3n) is 6.33. The first-order chi connectivity index (χ1) is 19.2. The Morgan fingerprint density at radius 1 is 0.902 bits per heavy atom. The summed E-state index contributed by atoms with van der Waals surface area (Å²) in [4.78, 5) is 29.1. The second-order valence-electron chi connectivity index (χ2n) is 11.0. The molecule has 0 radical (unpaired) electrons. The molecular weight excluding hydrogens is 581 g/mol. The summed E-state index contributed by atoms with van der Waals surface area (Å²) in [5.74, 6) is -0.555. The lowest BCUT2D eigenvalue weighted by atomic mass is 10.00. The molecule has 2 amide bonds. The Hall–Kier alpha value is -3.07. The van der Waals surface area contributed by atoms with Gasteiger partial charge in [0.05, 0.1) is 11.9 Å². The second-order valence-corrected chi connectivity index (χ2v) is 13.7. The molecule has 0 saturated carbocycles. The van der Waals surface area contributed by atoms with Gasteiger partial charge in [-0.15, -0.1) is 0 Å². The van der Waals surface area contributed by atoms with Gasteiger partial charge in [-0.1, -0.05) is 71.7 Å². The van der Waals surface area contributed by atoms with Gasteiger partial charge in [0.2, 0.25) is 21.8 Å². The number of anilines is 1. The Bertz CT molecular complexity index is 1430. The van der Waals surface area contributed by atoms with Gasteiger partial charge in [0.25, 0.3) is 0 Å². The number of carbonyl (C=O) groups excluding carboxylic acids is 2. The summed E-state index contributed by atoms with van der Waals surface area (Å²) in [7, 11) is -3.61. The Morgan fingerprint density at radius 2 is 1.51 bits per heavy atom. The number of hydrogen-bond donors (Lipinski definition) is 1. The molecule has 220 valence electrons. The maximum atomic E-state index is 13.9. The molecule has 0 fully saturated rings. The van der Waals surface area contributed by atoms with E-state index in [1.165, 1.54) is 4.31 Å². The fraction of sp³-hybridized carbons (Fsp3) is 0.355. The Kier molecular flexibility index (Phi) is 11.2. The van der Waals surface area contributed by atoms with Crippen molar-refractivity contribution in [2.45, 2.75) is 58.2 Å². The van der Waals surface area contributed by atoms with Crippen molar-refractivity contribution in [2.24, 2.45) is 0 Å². The van der Waals surface area contributed by atoms with E-state index in [0.29, 0.717) is 27.7 Å². The van der Waals surface area contributed by atoms with Crippen LogP contribution in [0.5, 0.6) is 0 Å². The molecule has 0 heterocycles. The molecule has 0 aliphatic carbocycles. The SMILES string of the molecule is CC(C)(C)NC(=O)[C@@H](Cc1ccccc1)N(Cc1ccccc1Cl)C(=O)CCCN(c1ccc(Cl)cc1)S(C)(=O)=O. The molecule has 3 aromatic carbocycles. The number of halogens is 2. The van der Waals surface area contributed by atoms with Crippen LogP contribution in [-0.2, 0) is 32.6 Å². The number of rotatable bonds is 12. The van der Waals surface area contributed by atoms with Crippen molar-refractivity contribution in [3.8, 4) is 0 Å². The molecule has 0 unspecified atom stereocenters. The predicted octanol–water partition coefficient (Wildman–Crippen LogP) is 6.09. The van der Waals surface area contributed by atoms with Crippen molar-refractivity contribution in [2.75, 3.05) is 17.1 Å². The zero-order chi connectivity index (χ0) is 30.2. The highest BCUT2D eigenvalue weighted by molar-refractivity contribution is 7.92. The van der Waals surface area contributed by atoms with Gasteiger partial charge in [-0.05, 0) is 68.7 Å². The van der Waals surface area contributed by atoms with Crippen molar-refractivity contribution in [1.82, 2.24) is 10.2 Å². The minimum atomic E-state index is -3.61. The second kappa shape index (κ2) is 14.2. The van der Waals surface area contributed by atoms with Crippen LogP contribution in [0.1, 0.15) is 44.7 Å². The Balaban J connectivity index is 1.91. The highest BCUT2D eigenvalue weighted by atomic mass is 35.5. The molecule has 0 aliphatic rings. The van der Waals surface area contributed by atoms with Crippen molar-refractivity contribution in [1.29, 1.82) is 0 Å². The number of sulfonamides is 1. The number of hydrogen-bond acceptors (Lipinski definition) is 4. The zero-order valence-corrected chi connectivity index (χ0v) is 26.1. The lowest BCUT2D eigenvalue weighted by Gasteiger charge is -2.34. The summed E-state index contributed by atoms with van der Waals surface area (Å²) in [5.41, 5.74) is 1.57. The molecular formula is C31H37Cl2N3O4S. The van der Waals surface area contributed by atoms with Crippen molar-refractivity contribution in [3.63, 3.8) is 0 Å². The molecule has 10 heteroatoms. The van der Waals surface area contributed by atoms with Crippen molar-refractivity contribution in [3.05, 3.63) is 100 Å². The number of carbonyl (C=O) groups is 2. The molecule has 3 rings (SSSR count). The van der Waals surface area contributed by atoms with Crippen LogP contribution in [0, 0.1) is 0 Å². The lowest BCUT2D eigenvalue weighted by Crippen LogP contribution is -2.54. The average Bonchev–Trinajstić information content (AvgIpc) is 2.89. The number of amides is 2. The van der Waals surface area contributed by atoms with E-state index in [1.807, 2.05) is 69.3 Å². The Morgan fingerprint density at radius 3 is 2.10 bits per heavy atom. The number of nitrogens with zero attached hydrogens (tertiary/aromatic N) is 2. The van der Waals surface area contributed by atoms with Crippen LogP contribution in [0.2, 0.25) is 10.0 Å². The van der Waals surface area contributed by atoms with Crippen LogP contribution in [0.3, 0.4) is 0 Å². The van der Waals surface area contributed by atoms with Crippen LogP contribution in [0.4, 0.5) is 5.69 Å². The monoisotopic (exact) mass is 617 g/mol. The van der Waals surface area contributed by atoms with Gasteiger partial charge in [-0.2, -0.15) is 0 Å². The van der Waals surface area contributed by atoms with E-state index in [1.54, 1.807) is 35.2 Å². The third-order valence-corrected chi connectivity index (χ3v) is 8.15. The smallest absolute Gasteiger partial charge is 0.243 e. The largest absolute Gasteiger partial charge is 0.350 e. The maximum absolute atomic E-state index is 13.9. The van der Waals surface area contributed by atoms with E-state index in [4.69, 9.17) is 23.2 Å². The van der Waals surface area contributed by atoms with Gasteiger partial charge in [-0.3, -0.25) is 13.9 Å². The molecule has 1 N–H and O–H groups in total. The molecule has 3 aromatic rings. The van der Waals surface area contributed by atoms with E-state index in [9.17, 15) is 18.0 Å². The number of benzene rings is 3. The summed E-state index contributed by atoms with van der Waals surface area (Å²) in [6.07, 6.45) is 1.70. The topological polar surface area (TPSA) is 86.8 Å². The summed E-state index contributed by atoms with van der Waals surface area (Å²) in [6, 6.07) is 22.4. The van der Waals surface area contributed by atoms with E-state index >= 15 is 0 Å². The van der Waals surface area contributed by atoms with E-state index < -0.39 is 21.6 Å². The lowest BCUT2D eigenvalue weighted by molar-refractivity contribution is -0.142. The molecule has 0 saturated heterocycles. The average molecular weight is 619 g/mol. The number of nitrogens with one attached hydrogen (secondary N) is 1. The summed E-state index contributed by atoms with van der Waals surface area (Å²) in [6.45, 7) is 5.88. The fourth-order valence-electron chi connectivity index (χ4n) is 4.43. The Labute approximate surface area is 253 Å². The molecule has 0 aromatic heterocycles. The maximum Gasteiger partial charge on any atom is 0.243 e. The van der Waals surface area contributed by atoms with Gasteiger partial charge >= 0.3 is 0 Å². The summed E-state index contributed by atoms with van der Waals surface area (Å²) in [5, 5.41) is 4.01. The minimum absolute atomic E-state index is 0.0259. The van der Waals surface area contributed by atoms with Gasteiger partial charge in [0, 0.05) is 41.5 Å². The fourth-order valence-corrected chi connectivity index (χ4v) is 5.72. The highest BCUT2D eigenvalue weighted by Crippen LogP contribution is 2.24. The zero-order valence-electron chi connectivity index (χ0n) is 23.8. The first kappa shape index (κ1) is 32.4. The molecule has 41 heavy (non-hydrogen) atoms. The van der Waals surface area contributed by atoms with Gasteiger partial charge in [-0.25, -0.2) is 8.42 Å². The van der Waals surface area contributed by atoms with E-state index in [2.05, 4.69) is 5.32 Å². The molecule has 1 atom stereocenters. The van der Waals surface area contributed by atoms with Crippen LogP contribution >= 0.6 is 23.2 Å². The van der Waals surface area contributed by atoms with Crippen LogP contribution in [-0.4, -0.2) is 49.5 Å².